The molecule has 0 spiro atoms. The molecule has 2 fully saturated rings. The third kappa shape index (κ3) is 18.3. The molecule has 0 saturated carbocycles. The minimum atomic E-state index is -0.606. The summed E-state index contributed by atoms with van der Waals surface area (Å²) in [6.07, 6.45) is 9.91. The number of anilines is 1. The van der Waals surface area contributed by atoms with Crippen molar-refractivity contribution in [3.63, 3.8) is 0 Å². The van der Waals surface area contributed by atoms with E-state index in [0.29, 0.717) is 94.1 Å². The van der Waals surface area contributed by atoms with Gasteiger partial charge in [-0.25, -0.2) is 9.78 Å². The SMILES string of the molecule is C=C1C[C@H]2C=Nc3cc(OCCCC(=O)Nc4cn(C)c(C(=O)Cc5ccc(-c6cc(C(=O)NCCCOC(=O)NCCCNC(=O)CCOCCOCCCC(=O)CCN7C(=O)CC(SC)C7=O)n(C)c6)cc5)n4)c(C)cc3C(=O)N2C1. The lowest BCUT2D eigenvalue weighted by Gasteiger charge is -2.20. The van der Waals surface area contributed by atoms with Gasteiger partial charge in [0.2, 0.25) is 29.4 Å². The summed E-state index contributed by atoms with van der Waals surface area (Å²) in [5.74, 6) is -0.507. The van der Waals surface area contributed by atoms with Crippen molar-refractivity contribution in [3.8, 4) is 16.9 Å². The normalized spacial score (nSPS) is 15.5. The third-order valence-corrected chi connectivity index (χ3v) is 15.0. The van der Waals surface area contributed by atoms with Crippen molar-refractivity contribution in [1.29, 1.82) is 0 Å². The second-order valence-corrected chi connectivity index (χ2v) is 21.5. The van der Waals surface area contributed by atoms with Gasteiger partial charge in [0.05, 0.1) is 55.6 Å². The minimum absolute atomic E-state index is 0.0329. The van der Waals surface area contributed by atoms with Crippen LogP contribution in [-0.4, -0.2) is 173 Å². The first-order chi connectivity index (χ1) is 40.0. The zero-order chi connectivity index (χ0) is 59.4. The quantitative estimate of drug-likeness (QED) is 0.0200. The van der Waals surface area contributed by atoms with E-state index in [1.807, 2.05) is 37.4 Å². The number of imide groups is 1. The fraction of sp³-hybridized carbons (Fsp3) is 0.475. The Morgan fingerprint density at radius 1 is 0.759 bits per heavy atom. The number of hydrogen-bond donors (Lipinski definition) is 4. The van der Waals surface area contributed by atoms with Gasteiger partial charge in [0, 0.05) is 122 Å². The van der Waals surface area contributed by atoms with Crippen molar-refractivity contribution in [2.75, 3.05) is 83.9 Å². The van der Waals surface area contributed by atoms with E-state index >= 15 is 0 Å². The Morgan fingerprint density at radius 3 is 2.28 bits per heavy atom. The molecule has 7 rings (SSSR count). The predicted molar refractivity (Wildman–Crippen MR) is 311 cm³/mol. The number of amides is 7. The molecule has 2 aromatic heterocycles. The zero-order valence-corrected chi connectivity index (χ0v) is 48.4. The van der Waals surface area contributed by atoms with E-state index in [9.17, 15) is 43.2 Å². The summed E-state index contributed by atoms with van der Waals surface area (Å²) in [6.45, 7) is 8.97. The number of nitrogens with zero attached hydrogens (tertiary/aromatic N) is 6. The molecule has 0 aliphatic carbocycles. The van der Waals surface area contributed by atoms with E-state index in [1.165, 1.54) is 16.7 Å². The van der Waals surface area contributed by atoms with Gasteiger partial charge in [0.25, 0.3) is 11.8 Å². The maximum absolute atomic E-state index is 13.4. The lowest BCUT2D eigenvalue weighted by Crippen LogP contribution is -2.35. The molecule has 2 atom stereocenters. The van der Waals surface area contributed by atoms with E-state index in [-0.39, 0.29) is 142 Å². The molecule has 4 N–H and O–H groups in total. The number of hydrogen-bond acceptors (Lipinski definition) is 16. The van der Waals surface area contributed by atoms with Crippen LogP contribution in [0.3, 0.4) is 0 Å². The van der Waals surface area contributed by atoms with Crippen LogP contribution in [0.15, 0.2) is 72.0 Å². The Labute approximate surface area is 486 Å². The van der Waals surface area contributed by atoms with Gasteiger partial charge in [-0.2, -0.15) is 11.8 Å². The summed E-state index contributed by atoms with van der Waals surface area (Å²) in [6, 6.07) is 12.7. The zero-order valence-electron chi connectivity index (χ0n) is 47.6. The molecule has 7 amide bonds. The second-order valence-electron chi connectivity index (χ2n) is 20.5. The summed E-state index contributed by atoms with van der Waals surface area (Å²) in [5, 5.41) is 10.7. The highest BCUT2D eigenvalue weighted by Crippen LogP contribution is 2.35. The van der Waals surface area contributed by atoms with Crippen LogP contribution in [0, 0.1) is 6.92 Å². The van der Waals surface area contributed by atoms with Gasteiger partial charge in [0.1, 0.15) is 17.2 Å². The van der Waals surface area contributed by atoms with Crippen molar-refractivity contribution >= 4 is 82.6 Å². The smallest absolute Gasteiger partial charge is 0.407 e. The van der Waals surface area contributed by atoms with E-state index in [4.69, 9.17) is 18.9 Å². The molecule has 2 aromatic carbocycles. The monoisotopic (exact) mass is 1160 g/mol. The van der Waals surface area contributed by atoms with E-state index in [2.05, 4.69) is 37.8 Å². The molecule has 0 radical (unpaired) electrons. The number of rotatable bonds is 33. The van der Waals surface area contributed by atoms with Crippen molar-refractivity contribution in [1.82, 2.24) is 39.9 Å². The summed E-state index contributed by atoms with van der Waals surface area (Å²) in [4.78, 5) is 125. The number of imidazole rings is 1. The predicted octanol–water partition coefficient (Wildman–Crippen LogP) is 5.45. The van der Waals surface area contributed by atoms with Gasteiger partial charge < -0.3 is 54.2 Å². The first kappa shape index (κ1) is 62.6. The average molecular weight is 1160 g/mol. The van der Waals surface area contributed by atoms with Crippen LogP contribution in [0.2, 0.25) is 0 Å². The molecule has 4 aromatic rings. The highest BCUT2D eigenvalue weighted by atomic mass is 32.2. The Kier molecular flexibility index (Phi) is 23.3. The highest BCUT2D eigenvalue weighted by Gasteiger charge is 2.38. The fourth-order valence-electron chi connectivity index (χ4n) is 9.52. The molecular formula is C59H74N10O13S. The van der Waals surface area contributed by atoms with Gasteiger partial charge in [-0.05, 0) is 74.1 Å². The molecule has 1 unspecified atom stereocenters. The number of likely N-dealkylation sites (tertiary alicyclic amines) is 1. The molecule has 3 aliphatic heterocycles. The van der Waals surface area contributed by atoms with Crippen LogP contribution in [0.4, 0.5) is 16.3 Å². The van der Waals surface area contributed by atoms with Gasteiger partial charge in [0.15, 0.2) is 11.6 Å². The number of ether oxygens (including phenoxy) is 4. The molecule has 83 heavy (non-hydrogen) atoms. The summed E-state index contributed by atoms with van der Waals surface area (Å²) in [5.41, 5.74) is 5.72. The summed E-state index contributed by atoms with van der Waals surface area (Å²) < 4.78 is 25.5. The molecular weight excluding hydrogens is 1090 g/mol. The van der Waals surface area contributed by atoms with Gasteiger partial charge >= 0.3 is 6.09 Å². The average Bonchev–Trinajstić information content (AvgIpc) is 4.08. The number of carbonyl (C=O) groups excluding carboxylic acids is 9. The van der Waals surface area contributed by atoms with Crippen LogP contribution < -0.4 is 26.0 Å². The second kappa shape index (κ2) is 30.9. The molecule has 24 heteroatoms. The number of aliphatic imine (C=N–C) groups is 1. The van der Waals surface area contributed by atoms with E-state index in [0.717, 1.165) is 27.8 Å². The molecule has 0 bridgehead atoms. The Bertz CT molecular complexity index is 3060. The Hall–Kier alpha value is -7.96. The number of benzene rings is 2. The minimum Gasteiger partial charge on any atom is -0.493 e. The molecule has 5 heterocycles. The molecule has 3 aliphatic rings. The van der Waals surface area contributed by atoms with Crippen molar-refractivity contribution in [3.05, 3.63) is 95.2 Å². The van der Waals surface area contributed by atoms with Crippen molar-refractivity contribution in [2.45, 2.75) is 88.8 Å². The van der Waals surface area contributed by atoms with E-state index < -0.39 is 6.09 Å². The topological polar surface area (TPSA) is 280 Å². The number of aryl methyl sites for hydroxylation is 3. The van der Waals surface area contributed by atoms with Crippen molar-refractivity contribution in [2.24, 2.45) is 19.1 Å². The number of fused-ring (bicyclic) bond motifs is 2. The number of ketones is 2. The van der Waals surface area contributed by atoms with Crippen LogP contribution in [-0.2, 0) is 58.7 Å². The van der Waals surface area contributed by atoms with Crippen LogP contribution in [0.25, 0.3) is 11.1 Å². The third-order valence-electron chi connectivity index (χ3n) is 14.0. The largest absolute Gasteiger partial charge is 0.493 e. The molecule has 23 nitrogen and oxygen atoms in total. The number of thioether (sulfide) groups is 1. The maximum atomic E-state index is 13.4. The Balaban J connectivity index is 0.692. The molecule has 2 saturated heterocycles. The highest BCUT2D eigenvalue weighted by molar-refractivity contribution is 8.00. The van der Waals surface area contributed by atoms with Crippen LogP contribution >= 0.6 is 11.8 Å². The number of nitrogens with one attached hydrogen (secondary N) is 4. The van der Waals surface area contributed by atoms with E-state index in [1.54, 1.807) is 65.0 Å². The lowest BCUT2D eigenvalue weighted by atomic mass is 10.0. The lowest BCUT2D eigenvalue weighted by molar-refractivity contribution is -0.138. The summed E-state index contributed by atoms with van der Waals surface area (Å²) in [7, 11) is 3.46. The standard InChI is InChI=1S/C59H74N10O13S/c1-38-28-43-34-63-46-32-49(39(2)29-45(46)57(76)69(43)35-38)81-23-7-11-53(73)64-51-37-67(4)55(65-51)48(71)30-40-12-14-41(15-13-40)42-31-47(66(3)36-42)56(75)61-20-9-24-82-59(78)62-19-8-18-60-52(72)17-25-80-27-26-79-22-6-10-44(70)16-21-68-54(74)33-50(83-5)58(68)77/h12-15,29,31-32,34,36-37,43,50H,1,6-11,16-28,30,33,35H2,2-5H3,(H,60,72)(H,61,75)(H,62,78)(H,64,73)/t43-,50?/m0/s1. The van der Waals surface area contributed by atoms with Gasteiger partial charge in [-0.1, -0.05) is 36.4 Å². The number of aromatic nitrogens is 3. The van der Waals surface area contributed by atoms with Crippen LogP contribution in [0.5, 0.6) is 5.75 Å². The first-order valence-electron chi connectivity index (χ1n) is 27.9. The Morgan fingerprint density at radius 2 is 1.51 bits per heavy atom. The number of carbonyl (C=O) groups is 9. The van der Waals surface area contributed by atoms with Crippen LogP contribution in [0.1, 0.15) is 107 Å². The van der Waals surface area contributed by atoms with Gasteiger partial charge in [-0.3, -0.25) is 48.2 Å². The molecule has 444 valence electrons. The number of alkyl carbamates (subject to hydrolysis) is 1. The van der Waals surface area contributed by atoms with Gasteiger partial charge in [-0.15, -0.1) is 0 Å². The number of Topliss-reactive ketones (excluding diaryl/α,β-unsaturated/α-hetero) is 2. The van der Waals surface area contributed by atoms with Crippen molar-refractivity contribution < 1.29 is 62.1 Å². The maximum Gasteiger partial charge on any atom is 0.407 e. The summed E-state index contributed by atoms with van der Waals surface area (Å²) >= 11 is 1.34. The fourth-order valence-corrected chi connectivity index (χ4v) is 10.2. The first-order valence-corrected chi connectivity index (χ1v) is 29.2.